The molecule has 1 heterocycles. The second kappa shape index (κ2) is 6.91. The smallest absolute Gasteiger partial charge is 0.273 e. The molecule has 1 aliphatic heterocycles. The van der Waals surface area contributed by atoms with E-state index in [4.69, 9.17) is 11.6 Å². The molecule has 0 radical (unpaired) electrons. The number of benzene rings is 2. The molecule has 0 bridgehead atoms. The Bertz CT molecular complexity index is 654. The molecule has 0 spiro atoms. The van der Waals surface area contributed by atoms with Crippen molar-refractivity contribution in [2.24, 2.45) is 0 Å². The Morgan fingerprint density at radius 2 is 1.62 bits per heavy atom. The third-order valence-corrected chi connectivity index (χ3v) is 4.82. The SMILES string of the molecule is O=C(C(F)Cl)N1CCC[C@H]1C(O)(c1ccccc1)c1ccccc1. The molecule has 2 aromatic rings. The van der Waals surface area contributed by atoms with E-state index in [1.54, 1.807) is 0 Å². The van der Waals surface area contributed by atoms with Crippen LogP contribution in [0.4, 0.5) is 4.39 Å². The summed E-state index contributed by atoms with van der Waals surface area (Å²) in [5.74, 6) is -0.788. The highest BCUT2D eigenvalue weighted by atomic mass is 35.5. The number of alkyl halides is 2. The number of likely N-dealkylation sites (tertiary alicyclic amines) is 1. The molecule has 1 fully saturated rings. The third kappa shape index (κ3) is 2.92. The van der Waals surface area contributed by atoms with Crippen molar-refractivity contribution in [1.82, 2.24) is 4.90 Å². The van der Waals surface area contributed by atoms with E-state index in [-0.39, 0.29) is 0 Å². The normalized spacial score (nSPS) is 19.3. The van der Waals surface area contributed by atoms with Crippen LogP contribution in [0.2, 0.25) is 0 Å². The van der Waals surface area contributed by atoms with Gasteiger partial charge in [-0.2, -0.15) is 0 Å². The molecule has 1 amide bonds. The monoisotopic (exact) mass is 347 g/mol. The van der Waals surface area contributed by atoms with Crippen molar-refractivity contribution >= 4 is 17.5 Å². The Labute approximate surface area is 145 Å². The molecule has 3 rings (SSSR count). The summed E-state index contributed by atoms with van der Waals surface area (Å²) in [7, 11) is 0. The van der Waals surface area contributed by atoms with Gasteiger partial charge in [-0.15, -0.1) is 0 Å². The first kappa shape index (κ1) is 16.9. The molecule has 126 valence electrons. The summed E-state index contributed by atoms with van der Waals surface area (Å²) >= 11 is 5.38. The quantitative estimate of drug-likeness (QED) is 0.861. The molecule has 1 aliphatic rings. The number of amides is 1. The van der Waals surface area contributed by atoms with Crippen LogP contribution >= 0.6 is 11.6 Å². The zero-order chi connectivity index (χ0) is 17.2. The largest absolute Gasteiger partial charge is 0.378 e. The number of carbonyl (C=O) groups excluding carboxylic acids is 1. The highest BCUT2D eigenvalue weighted by Crippen LogP contribution is 2.40. The van der Waals surface area contributed by atoms with Crippen LogP contribution < -0.4 is 0 Å². The van der Waals surface area contributed by atoms with Crippen LogP contribution in [0.3, 0.4) is 0 Å². The molecule has 1 saturated heterocycles. The Hall–Kier alpha value is -1.91. The minimum Gasteiger partial charge on any atom is -0.378 e. The molecule has 2 atom stereocenters. The van der Waals surface area contributed by atoms with Gasteiger partial charge in [0.25, 0.3) is 11.5 Å². The van der Waals surface area contributed by atoms with Gasteiger partial charge in [0.05, 0.1) is 6.04 Å². The molecular weight excluding hydrogens is 329 g/mol. The molecule has 0 aliphatic carbocycles. The number of aliphatic hydroxyl groups is 1. The summed E-state index contributed by atoms with van der Waals surface area (Å²) in [5, 5.41) is 11.7. The molecule has 0 saturated carbocycles. The van der Waals surface area contributed by atoms with E-state index in [9.17, 15) is 14.3 Å². The Balaban J connectivity index is 2.10. The second-order valence-corrected chi connectivity index (χ2v) is 6.37. The standard InChI is InChI=1S/C19H19ClFNO2/c20-17(21)18(23)22-13-7-12-16(22)19(24,14-8-3-1-4-9-14)15-10-5-2-6-11-15/h1-6,8-11,16-17,24H,7,12-13H2/t16-,17?/m0/s1. The Morgan fingerprint density at radius 3 is 2.08 bits per heavy atom. The summed E-state index contributed by atoms with van der Waals surface area (Å²) in [6, 6.07) is 17.8. The van der Waals surface area contributed by atoms with Gasteiger partial charge in [-0.3, -0.25) is 4.79 Å². The fraction of sp³-hybridized carbons (Fsp3) is 0.316. The lowest BCUT2D eigenvalue weighted by molar-refractivity contribution is -0.139. The van der Waals surface area contributed by atoms with E-state index in [0.717, 1.165) is 0 Å². The summed E-state index contributed by atoms with van der Waals surface area (Å²) < 4.78 is 13.4. The number of halogens is 2. The third-order valence-electron chi connectivity index (χ3n) is 4.63. The second-order valence-electron chi connectivity index (χ2n) is 5.99. The van der Waals surface area contributed by atoms with Gasteiger partial charge in [-0.1, -0.05) is 72.3 Å². The average molecular weight is 348 g/mol. The number of carbonyl (C=O) groups is 1. The van der Waals surface area contributed by atoms with Gasteiger partial charge in [0.15, 0.2) is 0 Å². The van der Waals surface area contributed by atoms with Gasteiger partial charge in [-0.05, 0) is 24.0 Å². The summed E-state index contributed by atoms with van der Waals surface area (Å²) in [5.41, 5.74) is -2.17. The molecule has 3 nitrogen and oxygen atoms in total. The van der Waals surface area contributed by atoms with Gasteiger partial charge >= 0.3 is 0 Å². The lowest BCUT2D eigenvalue weighted by Crippen LogP contribution is -2.51. The average Bonchev–Trinajstić information content (AvgIpc) is 3.12. The number of hydrogen-bond donors (Lipinski definition) is 1. The minimum atomic E-state index is -2.10. The number of hydrogen-bond acceptors (Lipinski definition) is 2. The van der Waals surface area contributed by atoms with E-state index in [1.165, 1.54) is 4.90 Å². The number of rotatable bonds is 4. The summed E-state index contributed by atoms with van der Waals surface area (Å²) in [6.45, 7) is 0.388. The summed E-state index contributed by atoms with van der Waals surface area (Å²) in [6.07, 6.45) is 1.28. The van der Waals surface area contributed by atoms with E-state index >= 15 is 0 Å². The van der Waals surface area contributed by atoms with Crippen molar-refractivity contribution < 1.29 is 14.3 Å². The highest BCUT2D eigenvalue weighted by Gasteiger charge is 2.47. The molecule has 24 heavy (non-hydrogen) atoms. The fourth-order valence-electron chi connectivity index (χ4n) is 3.53. The van der Waals surface area contributed by atoms with Gasteiger partial charge in [0.1, 0.15) is 5.60 Å². The molecule has 0 aromatic heterocycles. The van der Waals surface area contributed by atoms with Crippen LogP contribution in [-0.2, 0) is 10.4 Å². The van der Waals surface area contributed by atoms with Crippen LogP contribution in [0.1, 0.15) is 24.0 Å². The van der Waals surface area contributed by atoms with E-state index in [2.05, 4.69) is 0 Å². The van der Waals surface area contributed by atoms with E-state index < -0.39 is 23.2 Å². The van der Waals surface area contributed by atoms with Crippen molar-refractivity contribution in [1.29, 1.82) is 0 Å². The predicted molar refractivity (Wildman–Crippen MR) is 91.4 cm³/mol. The fourth-order valence-corrected chi connectivity index (χ4v) is 3.65. The van der Waals surface area contributed by atoms with Crippen molar-refractivity contribution in [2.75, 3.05) is 6.54 Å². The van der Waals surface area contributed by atoms with Crippen LogP contribution in [0, 0.1) is 0 Å². The van der Waals surface area contributed by atoms with Gasteiger partial charge in [0.2, 0.25) is 0 Å². The Morgan fingerprint density at radius 1 is 1.12 bits per heavy atom. The van der Waals surface area contributed by atoms with Crippen molar-refractivity contribution in [3.63, 3.8) is 0 Å². The van der Waals surface area contributed by atoms with Gasteiger partial charge in [0, 0.05) is 6.54 Å². The van der Waals surface area contributed by atoms with Crippen LogP contribution in [-0.4, -0.2) is 34.1 Å². The molecule has 2 aromatic carbocycles. The minimum absolute atomic E-state index is 0.388. The highest BCUT2D eigenvalue weighted by molar-refractivity contribution is 6.29. The summed E-state index contributed by atoms with van der Waals surface area (Å²) in [4.78, 5) is 13.5. The van der Waals surface area contributed by atoms with E-state index in [0.29, 0.717) is 30.5 Å². The van der Waals surface area contributed by atoms with Crippen molar-refractivity contribution in [3.05, 3.63) is 71.8 Å². The maximum absolute atomic E-state index is 13.4. The van der Waals surface area contributed by atoms with Gasteiger partial charge < -0.3 is 10.0 Å². The van der Waals surface area contributed by atoms with Crippen LogP contribution in [0.15, 0.2) is 60.7 Å². The lowest BCUT2D eigenvalue weighted by atomic mass is 9.79. The first-order chi connectivity index (χ1) is 11.5. The van der Waals surface area contributed by atoms with Crippen molar-refractivity contribution in [3.8, 4) is 0 Å². The van der Waals surface area contributed by atoms with Gasteiger partial charge in [-0.25, -0.2) is 4.39 Å². The maximum Gasteiger partial charge on any atom is 0.273 e. The molecular formula is C19H19ClFNO2. The Kier molecular flexibility index (Phi) is 4.88. The van der Waals surface area contributed by atoms with Crippen LogP contribution in [0.25, 0.3) is 0 Å². The number of nitrogens with zero attached hydrogens (tertiary/aromatic N) is 1. The van der Waals surface area contributed by atoms with Crippen molar-refractivity contribution in [2.45, 2.75) is 30.1 Å². The molecule has 1 N–H and O–H groups in total. The maximum atomic E-state index is 13.4. The zero-order valence-corrected chi connectivity index (χ0v) is 13.9. The first-order valence-electron chi connectivity index (χ1n) is 7.97. The predicted octanol–water partition coefficient (Wildman–Crippen LogP) is 3.45. The van der Waals surface area contributed by atoms with E-state index in [1.807, 2.05) is 60.7 Å². The topological polar surface area (TPSA) is 40.5 Å². The molecule has 5 heteroatoms. The van der Waals surface area contributed by atoms with Crippen LogP contribution in [0.5, 0.6) is 0 Å². The first-order valence-corrected chi connectivity index (χ1v) is 8.41. The lowest BCUT2D eigenvalue weighted by Gasteiger charge is -2.40. The zero-order valence-electron chi connectivity index (χ0n) is 13.1. The molecule has 1 unspecified atom stereocenters.